The molecular weight excluding hydrogens is 297 g/mol. The zero-order valence-electron chi connectivity index (χ0n) is 12.7. The van der Waals surface area contributed by atoms with E-state index in [4.69, 9.17) is 4.42 Å². The molecule has 1 aliphatic carbocycles. The van der Waals surface area contributed by atoms with Crippen LogP contribution in [-0.4, -0.2) is 11.7 Å². The Kier molecular flexibility index (Phi) is 4.55. The van der Waals surface area contributed by atoms with Crippen molar-refractivity contribution in [1.29, 1.82) is 0 Å². The first-order valence-electron chi connectivity index (χ1n) is 7.78. The SMILES string of the molecule is O=C(CCC(=O)c1ccc(F)cc1)NC1CCCc2occc21. The molecule has 120 valence electrons. The first kappa shape index (κ1) is 15.5. The van der Waals surface area contributed by atoms with Crippen LogP contribution in [0.2, 0.25) is 0 Å². The van der Waals surface area contributed by atoms with Gasteiger partial charge in [-0.1, -0.05) is 0 Å². The van der Waals surface area contributed by atoms with E-state index in [0.29, 0.717) is 5.56 Å². The van der Waals surface area contributed by atoms with Gasteiger partial charge in [-0.3, -0.25) is 9.59 Å². The standard InChI is InChI=1S/C18H18FNO3/c19-13-6-4-12(5-7-13)16(21)8-9-18(22)20-15-2-1-3-17-14(15)10-11-23-17/h4-7,10-11,15H,1-3,8-9H2,(H,20,22). The highest BCUT2D eigenvalue weighted by molar-refractivity contribution is 5.97. The van der Waals surface area contributed by atoms with Crippen molar-refractivity contribution in [1.82, 2.24) is 5.32 Å². The van der Waals surface area contributed by atoms with E-state index in [9.17, 15) is 14.0 Å². The molecule has 1 unspecified atom stereocenters. The molecule has 23 heavy (non-hydrogen) atoms. The third kappa shape index (κ3) is 3.67. The van der Waals surface area contributed by atoms with Crippen LogP contribution in [0.5, 0.6) is 0 Å². The second-order valence-corrected chi connectivity index (χ2v) is 5.74. The van der Waals surface area contributed by atoms with Crippen LogP contribution in [0.4, 0.5) is 4.39 Å². The number of halogens is 1. The number of benzene rings is 1. The average molecular weight is 315 g/mol. The summed E-state index contributed by atoms with van der Waals surface area (Å²) in [6, 6.07) is 7.23. The van der Waals surface area contributed by atoms with Crippen molar-refractivity contribution >= 4 is 11.7 Å². The minimum atomic E-state index is -0.382. The first-order chi connectivity index (χ1) is 11.1. The number of carbonyl (C=O) groups is 2. The summed E-state index contributed by atoms with van der Waals surface area (Å²) in [5.74, 6) is 0.240. The highest BCUT2D eigenvalue weighted by Crippen LogP contribution is 2.30. The molecule has 0 aliphatic heterocycles. The largest absolute Gasteiger partial charge is 0.469 e. The maximum absolute atomic E-state index is 12.8. The molecule has 0 bridgehead atoms. The van der Waals surface area contributed by atoms with Crippen LogP contribution in [0, 0.1) is 5.82 Å². The Bertz CT molecular complexity index is 705. The number of fused-ring (bicyclic) bond motifs is 1. The molecule has 1 N–H and O–H groups in total. The molecule has 3 rings (SSSR count). The molecule has 5 heteroatoms. The lowest BCUT2D eigenvalue weighted by molar-refractivity contribution is -0.121. The van der Waals surface area contributed by atoms with E-state index in [-0.39, 0.29) is 36.4 Å². The van der Waals surface area contributed by atoms with E-state index in [1.807, 2.05) is 6.07 Å². The van der Waals surface area contributed by atoms with Gasteiger partial charge in [0.15, 0.2) is 5.78 Å². The molecule has 0 radical (unpaired) electrons. The number of ketones is 1. The van der Waals surface area contributed by atoms with E-state index in [2.05, 4.69) is 5.32 Å². The summed E-state index contributed by atoms with van der Waals surface area (Å²) < 4.78 is 18.2. The molecule has 0 spiro atoms. The van der Waals surface area contributed by atoms with Gasteiger partial charge >= 0.3 is 0 Å². The van der Waals surface area contributed by atoms with Gasteiger partial charge < -0.3 is 9.73 Å². The lowest BCUT2D eigenvalue weighted by Crippen LogP contribution is -2.30. The third-order valence-corrected chi connectivity index (χ3v) is 4.13. The summed E-state index contributed by atoms with van der Waals surface area (Å²) in [6.07, 6.45) is 4.64. The van der Waals surface area contributed by atoms with Crippen molar-refractivity contribution in [3.05, 3.63) is 59.3 Å². The number of hydrogen-bond donors (Lipinski definition) is 1. The normalized spacial score (nSPS) is 16.7. The topological polar surface area (TPSA) is 59.3 Å². The lowest BCUT2D eigenvalue weighted by atomic mass is 9.93. The second-order valence-electron chi connectivity index (χ2n) is 5.74. The molecule has 1 aliphatic rings. The smallest absolute Gasteiger partial charge is 0.220 e. The Morgan fingerprint density at radius 1 is 1.17 bits per heavy atom. The molecular formula is C18H18FNO3. The van der Waals surface area contributed by atoms with E-state index in [1.165, 1.54) is 24.3 Å². The van der Waals surface area contributed by atoms with E-state index < -0.39 is 0 Å². The number of aryl methyl sites for hydroxylation is 1. The van der Waals surface area contributed by atoms with Crippen LogP contribution in [0.3, 0.4) is 0 Å². The van der Waals surface area contributed by atoms with Crippen LogP contribution in [0.25, 0.3) is 0 Å². The van der Waals surface area contributed by atoms with Crippen LogP contribution in [-0.2, 0) is 11.2 Å². The lowest BCUT2D eigenvalue weighted by Gasteiger charge is -2.22. The first-order valence-corrected chi connectivity index (χ1v) is 7.78. The zero-order chi connectivity index (χ0) is 16.2. The number of furan rings is 1. The molecule has 1 aromatic carbocycles. The van der Waals surface area contributed by atoms with Gasteiger partial charge in [0.25, 0.3) is 0 Å². The predicted octanol–water partition coefficient (Wildman–Crippen LogP) is 3.58. The van der Waals surface area contributed by atoms with Gasteiger partial charge in [-0.05, 0) is 43.2 Å². The number of nitrogens with one attached hydrogen (secondary N) is 1. The van der Waals surface area contributed by atoms with Crippen molar-refractivity contribution in [2.24, 2.45) is 0 Å². The third-order valence-electron chi connectivity index (χ3n) is 4.13. The fraction of sp³-hybridized carbons (Fsp3) is 0.333. The Labute approximate surface area is 133 Å². The molecule has 0 saturated carbocycles. The summed E-state index contributed by atoms with van der Waals surface area (Å²) in [4.78, 5) is 24.1. The number of Topliss-reactive ketones (excluding diaryl/α,β-unsaturated/α-hetero) is 1. The van der Waals surface area contributed by atoms with Crippen molar-refractivity contribution in [2.75, 3.05) is 0 Å². The quantitative estimate of drug-likeness (QED) is 0.858. The van der Waals surface area contributed by atoms with Gasteiger partial charge in [0, 0.05) is 30.4 Å². The molecule has 2 aromatic rings. The van der Waals surface area contributed by atoms with Crippen LogP contribution >= 0.6 is 0 Å². The summed E-state index contributed by atoms with van der Waals surface area (Å²) in [5.41, 5.74) is 1.46. The van der Waals surface area contributed by atoms with Gasteiger partial charge in [-0.2, -0.15) is 0 Å². The highest BCUT2D eigenvalue weighted by atomic mass is 19.1. The van der Waals surface area contributed by atoms with Crippen molar-refractivity contribution < 1.29 is 18.4 Å². The van der Waals surface area contributed by atoms with Crippen LogP contribution < -0.4 is 5.32 Å². The number of carbonyl (C=O) groups excluding carboxylic acids is 2. The van der Waals surface area contributed by atoms with E-state index in [0.717, 1.165) is 30.6 Å². The molecule has 1 amide bonds. The fourth-order valence-corrected chi connectivity index (χ4v) is 2.91. The monoisotopic (exact) mass is 315 g/mol. The molecule has 1 aromatic heterocycles. The Morgan fingerprint density at radius 3 is 2.74 bits per heavy atom. The van der Waals surface area contributed by atoms with Gasteiger partial charge in [-0.25, -0.2) is 4.39 Å². The minimum absolute atomic E-state index is 0.0362. The average Bonchev–Trinajstić information content (AvgIpc) is 3.03. The molecule has 1 heterocycles. The number of amides is 1. The van der Waals surface area contributed by atoms with Gasteiger partial charge in [0.2, 0.25) is 5.91 Å². The number of rotatable bonds is 5. The highest BCUT2D eigenvalue weighted by Gasteiger charge is 2.24. The Balaban J connectivity index is 1.52. The molecule has 0 saturated heterocycles. The fourth-order valence-electron chi connectivity index (χ4n) is 2.91. The van der Waals surface area contributed by atoms with Crippen molar-refractivity contribution in [3.8, 4) is 0 Å². The Morgan fingerprint density at radius 2 is 1.96 bits per heavy atom. The van der Waals surface area contributed by atoms with Gasteiger partial charge in [0.1, 0.15) is 11.6 Å². The van der Waals surface area contributed by atoms with Crippen molar-refractivity contribution in [2.45, 2.75) is 38.1 Å². The maximum Gasteiger partial charge on any atom is 0.220 e. The Hall–Kier alpha value is -2.43. The molecule has 0 fully saturated rings. The minimum Gasteiger partial charge on any atom is -0.469 e. The zero-order valence-corrected chi connectivity index (χ0v) is 12.7. The van der Waals surface area contributed by atoms with Crippen LogP contribution in [0.1, 0.15) is 53.4 Å². The van der Waals surface area contributed by atoms with Crippen molar-refractivity contribution in [3.63, 3.8) is 0 Å². The second kappa shape index (κ2) is 6.77. The predicted molar refractivity (Wildman–Crippen MR) is 82.5 cm³/mol. The van der Waals surface area contributed by atoms with E-state index >= 15 is 0 Å². The summed E-state index contributed by atoms with van der Waals surface area (Å²) in [7, 11) is 0. The summed E-state index contributed by atoms with van der Waals surface area (Å²) >= 11 is 0. The summed E-state index contributed by atoms with van der Waals surface area (Å²) in [6.45, 7) is 0. The number of hydrogen-bond acceptors (Lipinski definition) is 3. The maximum atomic E-state index is 12.8. The van der Waals surface area contributed by atoms with Crippen LogP contribution in [0.15, 0.2) is 41.0 Å². The molecule has 4 nitrogen and oxygen atoms in total. The van der Waals surface area contributed by atoms with Gasteiger partial charge in [-0.15, -0.1) is 0 Å². The summed E-state index contributed by atoms with van der Waals surface area (Å²) in [5, 5.41) is 2.97. The van der Waals surface area contributed by atoms with E-state index in [1.54, 1.807) is 6.26 Å². The van der Waals surface area contributed by atoms with Gasteiger partial charge in [0.05, 0.1) is 12.3 Å². The molecule has 1 atom stereocenters.